The topological polar surface area (TPSA) is 75.3 Å². The highest BCUT2D eigenvalue weighted by Crippen LogP contribution is 2.24. The van der Waals surface area contributed by atoms with Crippen molar-refractivity contribution in [3.8, 4) is 5.75 Å². The zero-order valence-corrected chi connectivity index (χ0v) is 11.8. The molecule has 0 aliphatic rings. The summed E-state index contributed by atoms with van der Waals surface area (Å²) in [4.78, 5) is 11.8. The number of hydrogen-bond acceptors (Lipinski definition) is 3. The first-order chi connectivity index (χ1) is 7.95. The fourth-order valence-electron chi connectivity index (χ4n) is 1.42. The number of phenols is 1. The molecule has 0 saturated heterocycles. The third-order valence-electron chi connectivity index (χ3n) is 2.75. The smallest absolute Gasteiger partial charge is 0.241 e. The van der Waals surface area contributed by atoms with E-state index in [1.807, 2.05) is 26.8 Å². The molecule has 1 aromatic rings. The first-order valence-corrected chi connectivity index (χ1v) is 5.84. The van der Waals surface area contributed by atoms with Crippen molar-refractivity contribution < 1.29 is 9.90 Å². The summed E-state index contributed by atoms with van der Waals surface area (Å²) < 4.78 is 0. The normalized spacial score (nSPS) is 11.8. The molecule has 0 fully saturated rings. The van der Waals surface area contributed by atoms with Crippen molar-refractivity contribution in [1.29, 1.82) is 0 Å². The number of carbonyl (C=O) groups is 1. The minimum absolute atomic E-state index is 0. The molecule has 0 aromatic heterocycles. The Bertz CT molecular complexity index is 408. The zero-order chi connectivity index (χ0) is 13.0. The maximum atomic E-state index is 11.8. The van der Waals surface area contributed by atoms with Crippen LogP contribution in [0.5, 0.6) is 5.75 Å². The summed E-state index contributed by atoms with van der Waals surface area (Å²) in [5.74, 6) is -0.151. The second-order valence-electron chi connectivity index (χ2n) is 4.46. The molecule has 0 bridgehead atoms. The van der Waals surface area contributed by atoms with Gasteiger partial charge in [0.1, 0.15) is 5.75 Å². The van der Waals surface area contributed by atoms with Gasteiger partial charge in [-0.1, -0.05) is 26.8 Å². The van der Waals surface area contributed by atoms with Crippen molar-refractivity contribution in [1.82, 2.24) is 0 Å². The van der Waals surface area contributed by atoms with Crippen molar-refractivity contribution in [3.63, 3.8) is 0 Å². The number of aryl methyl sites for hydroxylation is 1. The number of benzene rings is 1. The van der Waals surface area contributed by atoms with Crippen LogP contribution in [0.1, 0.15) is 26.3 Å². The molecule has 0 saturated carbocycles. The fraction of sp³-hybridized carbons (Fsp3) is 0.462. The largest absolute Gasteiger partial charge is 0.506 e. The Morgan fingerprint density at radius 3 is 2.56 bits per heavy atom. The SMILES string of the molecule is CCc1ccc(O)c(NC(=O)C(N)C(C)C)c1.Cl. The molecular formula is C13H21ClN2O2. The van der Waals surface area contributed by atoms with Crippen molar-refractivity contribution in [2.45, 2.75) is 33.2 Å². The number of aromatic hydroxyl groups is 1. The van der Waals surface area contributed by atoms with Crippen LogP contribution in [0, 0.1) is 5.92 Å². The van der Waals surface area contributed by atoms with Gasteiger partial charge in [-0.05, 0) is 30.0 Å². The second kappa shape index (κ2) is 7.24. The lowest BCUT2D eigenvalue weighted by Gasteiger charge is -2.16. The molecule has 4 nitrogen and oxygen atoms in total. The van der Waals surface area contributed by atoms with Crippen LogP contribution in [0.25, 0.3) is 0 Å². The summed E-state index contributed by atoms with van der Waals surface area (Å²) in [7, 11) is 0. The Hall–Kier alpha value is -1.26. The third-order valence-corrected chi connectivity index (χ3v) is 2.75. The number of carbonyl (C=O) groups excluding carboxylic acids is 1. The van der Waals surface area contributed by atoms with Gasteiger partial charge in [0.15, 0.2) is 0 Å². The maximum absolute atomic E-state index is 11.8. The predicted octanol–water partition coefficient (Wildman–Crippen LogP) is 2.30. The average Bonchev–Trinajstić information content (AvgIpc) is 2.30. The van der Waals surface area contributed by atoms with Crippen LogP contribution in [0.3, 0.4) is 0 Å². The van der Waals surface area contributed by atoms with Crippen molar-refractivity contribution in [2.24, 2.45) is 11.7 Å². The molecule has 1 amide bonds. The van der Waals surface area contributed by atoms with Gasteiger partial charge >= 0.3 is 0 Å². The van der Waals surface area contributed by atoms with E-state index in [2.05, 4.69) is 5.32 Å². The molecule has 5 heteroatoms. The monoisotopic (exact) mass is 272 g/mol. The van der Waals surface area contributed by atoms with E-state index in [4.69, 9.17) is 5.73 Å². The predicted molar refractivity (Wildman–Crippen MR) is 76.2 cm³/mol. The Labute approximate surface area is 114 Å². The summed E-state index contributed by atoms with van der Waals surface area (Å²) in [6.07, 6.45) is 0.847. The Morgan fingerprint density at radius 1 is 1.44 bits per heavy atom. The van der Waals surface area contributed by atoms with Crippen molar-refractivity contribution >= 4 is 24.0 Å². The number of halogens is 1. The van der Waals surface area contributed by atoms with Gasteiger partial charge in [-0.2, -0.15) is 0 Å². The summed E-state index contributed by atoms with van der Waals surface area (Å²) in [6, 6.07) is 4.60. The lowest BCUT2D eigenvalue weighted by molar-refractivity contribution is -0.118. The quantitative estimate of drug-likeness (QED) is 0.736. The molecular weight excluding hydrogens is 252 g/mol. The molecule has 1 atom stereocenters. The van der Waals surface area contributed by atoms with E-state index in [0.29, 0.717) is 5.69 Å². The van der Waals surface area contributed by atoms with E-state index in [9.17, 15) is 9.90 Å². The first kappa shape index (κ1) is 16.7. The summed E-state index contributed by atoms with van der Waals surface area (Å²) in [5, 5.41) is 12.3. The van der Waals surface area contributed by atoms with Gasteiger partial charge in [0.2, 0.25) is 5.91 Å². The Kier molecular flexibility index (Phi) is 6.73. The molecule has 0 aliphatic carbocycles. The molecule has 1 aromatic carbocycles. The molecule has 4 N–H and O–H groups in total. The standard InChI is InChI=1S/C13H20N2O2.ClH/c1-4-9-5-6-11(16)10(7-9)15-13(17)12(14)8(2)3;/h5-8,12,16H,4,14H2,1-3H3,(H,15,17);1H. The Balaban J connectivity index is 0.00000289. The van der Waals surface area contributed by atoms with E-state index in [1.165, 1.54) is 0 Å². The van der Waals surface area contributed by atoms with Crippen LogP contribution >= 0.6 is 12.4 Å². The third kappa shape index (κ3) is 4.20. The minimum atomic E-state index is -0.570. The molecule has 0 spiro atoms. The number of hydrogen-bond donors (Lipinski definition) is 3. The number of rotatable bonds is 4. The minimum Gasteiger partial charge on any atom is -0.506 e. The fourth-order valence-corrected chi connectivity index (χ4v) is 1.42. The van der Waals surface area contributed by atoms with Gasteiger partial charge in [0, 0.05) is 0 Å². The highest BCUT2D eigenvalue weighted by atomic mass is 35.5. The van der Waals surface area contributed by atoms with Crippen molar-refractivity contribution in [3.05, 3.63) is 23.8 Å². The summed E-state index contributed by atoms with van der Waals surface area (Å²) in [5.41, 5.74) is 7.21. The van der Waals surface area contributed by atoms with Crippen molar-refractivity contribution in [2.75, 3.05) is 5.32 Å². The van der Waals surface area contributed by atoms with Crippen LogP contribution in [-0.2, 0) is 11.2 Å². The second-order valence-corrected chi connectivity index (χ2v) is 4.46. The van der Waals surface area contributed by atoms with Gasteiger partial charge in [-0.3, -0.25) is 4.79 Å². The van der Waals surface area contributed by atoms with E-state index >= 15 is 0 Å². The van der Waals surface area contributed by atoms with Gasteiger partial charge < -0.3 is 16.2 Å². The van der Waals surface area contributed by atoms with Crippen LogP contribution in [-0.4, -0.2) is 17.1 Å². The summed E-state index contributed by atoms with van der Waals surface area (Å²) in [6.45, 7) is 5.77. The maximum Gasteiger partial charge on any atom is 0.241 e. The van der Waals surface area contributed by atoms with Crippen LogP contribution in [0.2, 0.25) is 0 Å². The van der Waals surface area contributed by atoms with Gasteiger partial charge in [0.25, 0.3) is 0 Å². The first-order valence-electron chi connectivity index (χ1n) is 5.84. The Morgan fingerprint density at radius 2 is 2.06 bits per heavy atom. The number of nitrogens with one attached hydrogen (secondary N) is 1. The van der Waals surface area contributed by atoms with Gasteiger partial charge in [0.05, 0.1) is 11.7 Å². The average molecular weight is 273 g/mol. The van der Waals surface area contributed by atoms with E-state index in [1.54, 1.807) is 12.1 Å². The van der Waals surface area contributed by atoms with E-state index in [0.717, 1.165) is 12.0 Å². The van der Waals surface area contributed by atoms with Crippen LogP contribution in [0.15, 0.2) is 18.2 Å². The lowest BCUT2D eigenvalue weighted by atomic mass is 10.0. The number of nitrogens with two attached hydrogens (primary N) is 1. The van der Waals surface area contributed by atoms with Gasteiger partial charge in [-0.25, -0.2) is 0 Å². The molecule has 18 heavy (non-hydrogen) atoms. The summed E-state index contributed by atoms with van der Waals surface area (Å²) >= 11 is 0. The molecule has 1 unspecified atom stereocenters. The molecule has 0 radical (unpaired) electrons. The van der Waals surface area contributed by atoms with Crippen LogP contribution < -0.4 is 11.1 Å². The van der Waals surface area contributed by atoms with Gasteiger partial charge in [-0.15, -0.1) is 12.4 Å². The zero-order valence-electron chi connectivity index (χ0n) is 10.9. The molecule has 1 rings (SSSR count). The van der Waals surface area contributed by atoms with E-state index < -0.39 is 6.04 Å². The molecule has 102 valence electrons. The highest BCUT2D eigenvalue weighted by Gasteiger charge is 2.18. The van der Waals surface area contributed by atoms with E-state index in [-0.39, 0.29) is 30.0 Å². The molecule has 0 aliphatic heterocycles. The number of phenolic OH excluding ortho intramolecular Hbond substituents is 1. The lowest BCUT2D eigenvalue weighted by Crippen LogP contribution is -2.39. The molecule has 0 heterocycles. The number of amides is 1. The highest BCUT2D eigenvalue weighted by molar-refractivity contribution is 5.96. The van der Waals surface area contributed by atoms with Crippen LogP contribution in [0.4, 0.5) is 5.69 Å². The number of anilines is 1.